The number of ketones is 2. The molecular formula is C21H29N2O2+. The second kappa shape index (κ2) is 7.36. The molecule has 4 heteroatoms. The first-order valence-corrected chi connectivity index (χ1v) is 8.76. The van der Waals surface area contributed by atoms with Gasteiger partial charge in [-0.05, 0) is 52.7 Å². The topological polar surface area (TPSA) is 54.4 Å². The Kier molecular flexibility index (Phi) is 5.63. The Morgan fingerprint density at radius 1 is 1.16 bits per heavy atom. The second-order valence-corrected chi connectivity index (χ2v) is 7.22. The van der Waals surface area contributed by atoms with Gasteiger partial charge >= 0.3 is 0 Å². The number of hydrogen-bond acceptors (Lipinski definition) is 2. The summed E-state index contributed by atoms with van der Waals surface area (Å²) >= 11 is 0. The largest absolute Gasteiger partial charge is 0.355 e. The number of aryl methyl sites for hydroxylation is 3. The van der Waals surface area contributed by atoms with Gasteiger partial charge < -0.3 is 9.88 Å². The van der Waals surface area contributed by atoms with Crippen LogP contribution in [0.15, 0.2) is 18.2 Å². The molecule has 4 nitrogen and oxygen atoms in total. The van der Waals surface area contributed by atoms with Crippen LogP contribution in [0.4, 0.5) is 0 Å². The number of hydrogen-bond donors (Lipinski definition) is 2. The maximum absolute atomic E-state index is 13.0. The quantitative estimate of drug-likeness (QED) is 0.794. The highest BCUT2D eigenvalue weighted by molar-refractivity contribution is 6.04. The highest BCUT2D eigenvalue weighted by atomic mass is 16.1. The van der Waals surface area contributed by atoms with E-state index in [1.165, 1.54) is 16.7 Å². The fraction of sp³-hybridized carbons (Fsp3) is 0.429. The molecule has 0 spiro atoms. The Bertz CT molecular complexity index is 818. The molecule has 0 aliphatic carbocycles. The first-order chi connectivity index (χ1) is 11.6. The van der Waals surface area contributed by atoms with Gasteiger partial charge in [-0.1, -0.05) is 23.8 Å². The minimum Gasteiger partial charge on any atom is -0.355 e. The number of Topliss-reactive ketones (excluding diaryl/α,β-unsaturated/α-hetero) is 2. The first-order valence-electron chi connectivity index (χ1n) is 8.76. The molecule has 0 radical (unpaired) electrons. The van der Waals surface area contributed by atoms with Crippen molar-refractivity contribution in [1.82, 2.24) is 4.98 Å². The summed E-state index contributed by atoms with van der Waals surface area (Å²) in [5, 5.41) is 0. The minimum absolute atomic E-state index is 0.00562. The molecule has 134 valence electrons. The fourth-order valence-corrected chi connectivity index (χ4v) is 3.46. The average molecular weight is 341 g/mol. The molecule has 0 aliphatic rings. The van der Waals surface area contributed by atoms with E-state index in [1.807, 2.05) is 27.8 Å². The van der Waals surface area contributed by atoms with E-state index in [0.29, 0.717) is 11.3 Å². The molecule has 25 heavy (non-hydrogen) atoms. The SMILES string of the molecule is CC(=O)c1c(C)[nH]c(C(=O)[C@H](C)[NH+](C)Cc2ccc(C)cc2C)c1C. The summed E-state index contributed by atoms with van der Waals surface area (Å²) in [7, 11) is 2.04. The summed E-state index contributed by atoms with van der Waals surface area (Å²) in [6, 6.07) is 6.23. The lowest BCUT2D eigenvalue weighted by Crippen LogP contribution is -3.12. The first kappa shape index (κ1) is 19.1. The van der Waals surface area contributed by atoms with Gasteiger partial charge in [-0.3, -0.25) is 9.59 Å². The number of benzene rings is 1. The lowest BCUT2D eigenvalue weighted by atomic mass is 10.0. The van der Waals surface area contributed by atoms with Crippen LogP contribution in [-0.4, -0.2) is 29.6 Å². The van der Waals surface area contributed by atoms with Crippen molar-refractivity contribution in [2.75, 3.05) is 7.05 Å². The van der Waals surface area contributed by atoms with Gasteiger partial charge in [0.15, 0.2) is 11.8 Å². The van der Waals surface area contributed by atoms with E-state index in [4.69, 9.17) is 0 Å². The molecule has 0 saturated heterocycles. The van der Waals surface area contributed by atoms with Crippen LogP contribution in [0.1, 0.15) is 62.6 Å². The molecule has 2 rings (SSSR count). The van der Waals surface area contributed by atoms with Crippen molar-refractivity contribution in [2.45, 2.75) is 54.1 Å². The predicted octanol–water partition coefficient (Wildman–Crippen LogP) is 2.74. The maximum Gasteiger partial charge on any atom is 0.235 e. The van der Waals surface area contributed by atoms with Gasteiger partial charge in [-0.25, -0.2) is 0 Å². The lowest BCUT2D eigenvalue weighted by Gasteiger charge is -2.21. The molecule has 1 unspecified atom stereocenters. The molecule has 2 aromatic rings. The smallest absolute Gasteiger partial charge is 0.235 e. The predicted molar refractivity (Wildman–Crippen MR) is 101 cm³/mol. The molecule has 1 aromatic carbocycles. The van der Waals surface area contributed by atoms with E-state index in [2.05, 4.69) is 37.0 Å². The summed E-state index contributed by atoms with van der Waals surface area (Å²) in [5.41, 5.74) is 6.50. The summed E-state index contributed by atoms with van der Waals surface area (Å²) in [6.07, 6.45) is 0. The van der Waals surface area contributed by atoms with Crippen LogP contribution in [0, 0.1) is 27.7 Å². The third-order valence-electron chi connectivity index (χ3n) is 5.14. The van der Waals surface area contributed by atoms with Crippen molar-refractivity contribution in [2.24, 2.45) is 0 Å². The van der Waals surface area contributed by atoms with E-state index in [1.54, 1.807) is 6.92 Å². The average Bonchev–Trinajstić information content (AvgIpc) is 2.83. The number of carbonyl (C=O) groups excluding carboxylic acids is 2. The van der Waals surface area contributed by atoms with Crippen LogP contribution in [0.3, 0.4) is 0 Å². The van der Waals surface area contributed by atoms with E-state index < -0.39 is 0 Å². The van der Waals surface area contributed by atoms with Crippen LogP contribution >= 0.6 is 0 Å². The molecule has 0 saturated carbocycles. The number of carbonyl (C=O) groups is 2. The third-order valence-corrected chi connectivity index (χ3v) is 5.14. The summed E-state index contributed by atoms with van der Waals surface area (Å²) in [6.45, 7) is 12.2. The Hall–Kier alpha value is -2.20. The standard InChI is InChI=1S/C21H28N2O2/c1-12-8-9-18(13(2)10-12)11-23(7)16(5)21(25)20-14(3)19(17(6)24)15(4)22-20/h8-10,16,22H,11H2,1-7H3/p+1/t16-/m0/s1. The monoisotopic (exact) mass is 341 g/mol. The highest BCUT2D eigenvalue weighted by Gasteiger charge is 2.28. The zero-order valence-electron chi connectivity index (χ0n) is 16.3. The number of rotatable bonds is 6. The van der Waals surface area contributed by atoms with Crippen LogP contribution in [0.5, 0.6) is 0 Å². The van der Waals surface area contributed by atoms with Crippen molar-refractivity contribution >= 4 is 11.6 Å². The number of aromatic nitrogens is 1. The molecule has 0 fully saturated rings. The number of aromatic amines is 1. The van der Waals surface area contributed by atoms with Crippen LogP contribution < -0.4 is 4.90 Å². The van der Waals surface area contributed by atoms with Crippen molar-refractivity contribution in [3.63, 3.8) is 0 Å². The molecule has 1 aromatic heterocycles. The van der Waals surface area contributed by atoms with Gasteiger partial charge in [0, 0.05) is 16.8 Å². The molecule has 0 bridgehead atoms. The Morgan fingerprint density at radius 3 is 2.32 bits per heavy atom. The molecule has 2 N–H and O–H groups in total. The van der Waals surface area contributed by atoms with Crippen molar-refractivity contribution in [1.29, 1.82) is 0 Å². The summed E-state index contributed by atoms with van der Waals surface area (Å²) in [4.78, 5) is 29.0. The Labute approximate surface area is 150 Å². The van der Waals surface area contributed by atoms with Gasteiger partial charge in [-0.2, -0.15) is 0 Å². The Morgan fingerprint density at radius 2 is 1.80 bits per heavy atom. The molecule has 0 amide bonds. The van der Waals surface area contributed by atoms with E-state index >= 15 is 0 Å². The van der Waals surface area contributed by atoms with Gasteiger partial charge in [0.1, 0.15) is 6.54 Å². The third kappa shape index (κ3) is 3.90. The zero-order chi connectivity index (χ0) is 18.9. The number of likely N-dealkylation sites (N-methyl/N-ethyl adjacent to an activating group) is 1. The van der Waals surface area contributed by atoms with Crippen molar-refractivity contribution in [3.05, 3.63) is 57.4 Å². The van der Waals surface area contributed by atoms with Gasteiger partial charge in [0.2, 0.25) is 5.78 Å². The Balaban J connectivity index is 2.22. The molecule has 1 heterocycles. The van der Waals surface area contributed by atoms with Gasteiger partial charge in [-0.15, -0.1) is 0 Å². The summed E-state index contributed by atoms with van der Waals surface area (Å²) < 4.78 is 0. The fourth-order valence-electron chi connectivity index (χ4n) is 3.46. The number of nitrogens with one attached hydrogen (secondary N) is 2. The van der Waals surface area contributed by atoms with Crippen molar-refractivity contribution in [3.8, 4) is 0 Å². The highest BCUT2D eigenvalue weighted by Crippen LogP contribution is 2.19. The lowest BCUT2D eigenvalue weighted by molar-refractivity contribution is -0.907. The van der Waals surface area contributed by atoms with Crippen LogP contribution in [-0.2, 0) is 6.54 Å². The molecular weight excluding hydrogens is 312 g/mol. The zero-order valence-corrected chi connectivity index (χ0v) is 16.3. The number of quaternary nitrogens is 1. The molecule has 2 atom stereocenters. The normalized spacial score (nSPS) is 13.6. The second-order valence-electron chi connectivity index (χ2n) is 7.22. The van der Waals surface area contributed by atoms with Crippen LogP contribution in [0.25, 0.3) is 0 Å². The van der Waals surface area contributed by atoms with Crippen LogP contribution in [0.2, 0.25) is 0 Å². The molecule has 0 aliphatic heterocycles. The van der Waals surface area contributed by atoms with E-state index in [9.17, 15) is 9.59 Å². The summed E-state index contributed by atoms with van der Waals surface area (Å²) in [5.74, 6) is 0.0456. The van der Waals surface area contributed by atoms with Gasteiger partial charge in [0.05, 0.1) is 12.7 Å². The number of H-pyrrole nitrogens is 1. The van der Waals surface area contributed by atoms with Crippen molar-refractivity contribution < 1.29 is 14.5 Å². The maximum atomic E-state index is 13.0. The van der Waals surface area contributed by atoms with E-state index in [-0.39, 0.29) is 17.6 Å². The van der Waals surface area contributed by atoms with E-state index in [0.717, 1.165) is 22.7 Å². The minimum atomic E-state index is -0.197. The van der Waals surface area contributed by atoms with Gasteiger partial charge in [0.25, 0.3) is 0 Å².